The molecule has 0 bridgehead atoms. The van der Waals surface area contributed by atoms with Crippen molar-refractivity contribution >= 4 is 0 Å². The van der Waals surface area contributed by atoms with Crippen LogP contribution in [0, 0.1) is 0 Å². The number of hydrogen-bond acceptors (Lipinski definition) is 1. The molecule has 0 heterocycles. The third-order valence-electron chi connectivity index (χ3n) is 5.40. The molecule has 0 fully saturated rings. The van der Waals surface area contributed by atoms with E-state index in [0.717, 1.165) is 32.1 Å². The molecule has 0 aliphatic rings. The van der Waals surface area contributed by atoms with E-state index in [1.165, 1.54) is 67.2 Å². The van der Waals surface area contributed by atoms with Gasteiger partial charge in [0.2, 0.25) is 0 Å². The minimum Gasteiger partial charge on any atom is -0.507 e. The third kappa shape index (κ3) is 5.26. The zero-order chi connectivity index (χ0) is 17.9. The van der Waals surface area contributed by atoms with Crippen LogP contribution in [0.4, 0.5) is 0 Å². The molecule has 1 aromatic carbocycles. The lowest BCUT2D eigenvalue weighted by Gasteiger charge is -2.23. The highest BCUT2D eigenvalue weighted by Gasteiger charge is 2.20. The Morgan fingerprint density at radius 3 is 1.54 bits per heavy atom. The van der Waals surface area contributed by atoms with Crippen LogP contribution in [0.25, 0.3) is 0 Å². The molecule has 0 aromatic heterocycles. The Morgan fingerprint density at radius 2 is 1.00 bits per heavy atom. The molecule has 0 amide bonds. The third-order valence-corrected chi connectivity index (χ3v) is 5.40. The SMILES string of the molecule is CCCCCCCc1c(O)c(CC)c(CC)c(CC)c1CCCC. The summed E-state index contributed by atoms with van der Waals surface area (Å²) in [6.07, 6.45) is 14.2. The summed E-state index contributed by atoms with van der Waals surface area (Å²) in [6.45, 7) is 11.2. The molecule has 24 heavy (non-hydrogen) atoms. The number of phenolic OH excluding ortho intramolecular Hbond substituents is 1. The van der Waals surface area contributed by atoms with Crippen LogP contribution >= 0.6 is 0 Å². The molecule has 1 nitrogen and oxygen atoms in total. The Hall–Kier alpha value is -0.980. The van der Waals surface area contributed by atoms with E-state index in [-0.39, 0.29) is 0 Å². The molecule has 0 unspecified atom stereocenters. The Kier molecular flexibility index (Phi) is 10.1. The fourth-order valence-corrected chi connectivity index (χ4v) is 4.08. The summed E-state index contributed by atoms with van der Waals surface area (Å²) in [6, 6.07) is 0. The minimum atomic E-state index is 0.633. The number of phenols is 1. The van der Waals surface area contributed by atoms with E-state index in [0.29, 0.717) is 5.75 Å². The standard InChI is InChI=1S/C23H40O/c1-6-11-13-14-15-17-22-21(16-12-7-2)19(9-4)18(8-3)20(10-5)23(22)24/h24H,6-17H2,1-5H3. The number of unbranched alkanes of at least 4 members (excludes halogenated alkanes) is 5. The maximum absolute atomic E-state index is 11.0. The second kappa shape index (κ2) is 11.6. The Bertz CT molecular complexity index is 488. The monoisotopic (exact) mass is 332 g/mol. The fourth-order valence-electron chi connectivity index (χ4n) is 4.08. The van der Waals surface area contributed by atoms with Crippen LogP contribution in [-0.4, -0.2) is 5.11 Å². The minimum absolute atomic E-state index is 0.633. The van der Waals surface area contributed by atoms with Crippen LogP contribution < -0.4 is 0 Å². The number of hydrogen-bond donors (Lipinski definition) is 1. The first kappa shape index (κ1) is 21.1. The summed E-state index contributed by atoms with van der Waals surface area (Å²) < 4.78 is 0. The molecule has 0 spiro atoms. The summed E-state index contributed by atoms with van der Waals surface area (Å²) in [4.78, 5) is 0. The predicted molar refractivity (Wildman–Crippen MR) is 107 cm³/mol. The smallest absolute Gasteiger partial charge is 0.122 e. The number of aromatic hydroxyl groups is 1. The van der Waals surface area contributed by atoms with Crippen molar-refractivity contribution < 1.29 is 5.11 Å². The summed E-state index contributed by atoms with van der Waals surface area (Å²) in [5, 5.41) is 11.0. The molecule has 1 N–H and O–H groups in total. The second-order valence-electron chi connectivity index (χ2n) is 7.07. The van der Waals surface area contributed by atoms with E-state index in [4.69, 9.17) is 0 Å². The molecule has 138 valence electrons. The van der Waals surface area contributed by atoms with Gasteiger partial charge in [0.1, 0.15) is 5.75 Å². The molecular weight excluding hydrogens is 292 g/mol. The van der Waals surface area contributed by atoms with Gasteiger partial charge >= 0.3 is 0 Å². The fraction of sp³-hybridized carbons (Fsp3) is 0.739. The van der Waals surface area contributed by atoms with Crippen molar-refractivity contribution in [3.8, 4) is 5.75 Å². The molecule has 1 rings (SSSR count). The Balaban J connectivity index is 3.20. The van der Waals surface area contributed by atoms with Crippen molar-refractivity contribution in [3.63, 3.8) is 0 Å². The van der Waals surface area contributed by atoms with Crippen LogP contribution in [0.1, 0.15) is 107 Å². The molecule has 1 heteroatoms. The van der Waals surface area contributed by atoms with Crippen molar-refractivity contribution in [2.75, 3.05) is 0 Å². The first-order valence-electron chi connectivity index (χ1n) is 10.5. The summed E-state index contributed by atoms with van der Waals surface area (Å²) in [7, 11) is 0. The van der Waals surface area contributed by atoms with E-state index < -0.39 is 0 Å². The van der Waals surface area contributed by atoms with E-state index in [9.17, 15) is 5.11 Å². The van der Waals surface area contributed by atoms with E-state index >= 15 is 0 Å². The molecule has 0 saturated carbocycles. The quantitative estimate of drug-likeness (QED) is 0.411. The molecule has 0 saturated heterocycles. The molecule has 0 radical (unpaired) electrons. The van der Waals surface area contributed by atoms with Gasteiger partial charge < -0.3 is 5.11 Å². The number of rotatable bonds is 12. The van der Waals surface area contributed by atoms with Gasteiger partial charge in [-0.15, -0.1) is 0 Å². The average Bonchev–Trinajstić information content (AvgIpc) is 2.60. The van der Waals surface area contributed by atoms with Crippen LogP contribution in [-0.2, 0) is 32.1 Å². The highest BCUT2D eigenvalue weighted by atomic mass is 16.3. The van der Waals surface area contributed by atoms with Gasteiger partial charge in [0.15, 0.2) is 0 Å². The van der Waals surface area contributed by atoms with Crippen LogP contribution in [0.15, 0.2) is 0 Å². The van der Waals surface area contributed by atoms with Gasteiger partial charge in [0.25, 0.3) is 0 Å². The van der Waals surface area contributed by atoms with E-state index in [1.54, 1.807) is 5.56 Å². The van der Waals surface area contributed by atoms with Crippen molar-refractivity contribution in [1.82, 2.24) is 0 Å². The van der Waals surface area contributed by atoms with Crippen LogP contribution in [0.3, 0.4) is 0 Å². The summed E-state index contributed by atoms with van der Waals surface area (Å²) in [5.41, 5.74) is 6.97. The van der Waals surface area contributed by atoms with Gasteiger partial charge in [0.05, 0.1) is 0 Å². The lowest BCUT2D eigenvalue weighted by atomic mass is 9.83. The van der Waals surface area contributed by atoms with Crippen LogP contribution in [0.5, 0.6) is 5.75 Å². The largest absolute Gasteiger partial charge is 0.507 e. The van der Waals surface area contributed by atoms with E-state index in [2.05, 4.69) is 34.6 Å². The van der Waals surface area contributed by atoms with Gasteiger partial charge in [-0.05, 0) is 72.8 Å². The first-order chi connectivity index (χ1) is 11.7. The highest BCUT2D eigenvalue weighted by Crippen LogP contribution is 2.36. The van der Waals surface area contributed by atoms with Gasteiger partial charge in [-0.1, -0.05) is 66.7 Å². The van der Waals surface area contributed by atoms with Crippen molar-refractivity contribution in [2.45, 2.75) is 112 Å². The van der Waals surface area contributed by atoms with Gasteiger partial charge in [-0.25, -0.2) is 0 Å². The van der Waals surface area contributed by atoms with Crippen LogP contribution in [0.2, 0.25) is 0 Å². The molecule has 0 aliphatic carbocycles. The summed E-state index contributed by atoms with van der Waals surface area (Å²) >= 11 is 0. The molecule has 0 atom stereocenters. The Labute approximate surface area is 150 Å². The zero-order valence-corrected chi connectivity index (χ0v) is 16.9. The lowest BCUT2D eigenvalue weighted by Crippen LogP contribution is -2.09. The molecular formula is C23H40O. The van der Waals surface area contributed by atoms with Gasteiger partial charge in [-0.2, -0.15) is 0 Å². The number of benzene rings is 1. The zero-order valence-electron chi connectivity index (χ0n) is 16.9. The van der Waals surface area contributed by atoms with Crippen molar-refractivity contribution in [2.24, 2.45) is 0 Å². The van der Waals surface area contributed by atoms with Crippen molar-refractivity contribution in [1.29, 1.82) is 0 Å². The summed E-state index contributed by atoms with van der Waals surface area (Å²) in [5.74, 6) is 0.633. The molecule has 1 aromatic rings. The maximum Gasteiger partial charge on any atom is 0.122 e. The average molecular weight is 333 g/mol. The normalized spacial score (nSPS) is 11.2. The lowest BCUT2D eigenvalue weighted by molar-refractivity contribution is 0.456. The van der Waals surface area contributed by atoms with Gasteiger partial charge in [0, 0.05) is 0 Å². The van der Waals surface area contributed by atoms with Gasteiger partial charge in [-0.3, -0.25) is 0 Å². The maximum atomic E-state index is 11.0. The van der Waals surface area contributed by atoms with Crippen molar-refractivity contribution in [3.05, 3.63) is 27.8 Å². The highest BCUT2D eigenvalue weighted by molar-refractivity contribution is 5.55. The topological polar surface area (TPSA) is 20.2 Å². The second-order valence-corrected chi connectivity index (χ2v) is 7.07. The van der Waals surface area contributed by atoms with E-state index in [1.807, 2.05) is 0 Å². The predicted octanol–water partition coefficient (Wildman–Crippen LogP) is 6.93. The Morgan fingerprint density at radius 1 is 0.500 bits per heavy atom. The molecule has 0 aliphatic heterocycles. The first-order valence-corrected chi connectivity index (χ1v) is 10.5.